The second-order valence-corrected chi connectivity index (χ2v) is 5.32. The summed E-state index contributed by atoms with van der Waals surface area (Å²) in [5.74, 6) is 0.286. The highest BCUT2D eigenvalue weighted by molar-refractivity contribution is 5.86. The van der Waals surface area contributed by atoms with Gasteiger partial charge in [-0.1, -0.05) is 0 Å². The molecule has 2 aromatic carbocycles. The van der Waals surface area contributed by atoms with E-state index < -0.39 is 12.0 Å². The Morgan fingerprint density at radius 1 is 0.852 bits per heavy atom. The molecule has 4 aromatic rings. The molecule has 0 radical (unpaired) electrons. The highest BCUT2D eigenvalue weighted by Crippen LogP contribution is 2.30. The number of phenols is 1. The maximum atomic E-state index is 12.8. The number of nitriles is 2. The van der Waals surface area contributed by atoms with E-state index in [9.17, 15) is 13.9 Å². The Bertz CT molecular complexity index is 1230. The predicted molar refractivity (Wildman–Crippen MR) is 90.0 cm³/mol. The van der Waals surface area contributed by atoms with Crippen molar-refractivity contribution >= 4 is 21.9 Å². The second kappa shape index (κ2) is 7.06. The van der Waals surface area contributed by atoms with Crippen molar-refractivity contribution in [1.82, 2.24) is 0 Å². The molecule has 134 valence electrons. The molecule has 0 saturated carbocycles. The zero-order valence-corrected chi connectivity index (χ0v) is 13.8. The number of phenolic OH excluding ortho intramolecular Hbond substituents is 1. The fourth-order valence-electron chi connectivity index (χ4n) is 2.46. The van der Waals surface area contributed by atoms with E-state index in [0.717, 1.165) is 6.07 Å². The van der Waals surface area contributed by atoms with E-state index >= 15 is 0 Å². The van der Waals surface area contributed by atoms with E-state index in [1.54, 1.807) is 0 Å². The maximum Gasteiger partial charge on any atom is 0.279 e. The van der Waals surface area contributed by atoms with Gasteiger partial charge >= 0.3 is 0 Å². The molecule has 0 amide bonds. The Labute approximate surface area is 151 Å². The molecule has 4 rings (SSSR count). The van der Waals surface area contributed by atoms with Crippen LogP contribution in [-0.2, 0) is 0 Å². The van der Waals surface area contributed by atoms with Crippen LogP contribution in [-0.4, -0.2) is 12.2 Å². The fourth-order valence-corrected chi connectivity index (χ4v) is 2.46. The molecule has 0 fully saturated rings. The number of benzene rings is 2. The maximum absolute atomic E-state index is 12.8. The van der Waals surface area contributed by atoms with Gasteiger partial charge in [0.1, 0.15) is 22.7 Å². The quantitative estimate of drug-likeness (QED) is 0.526. The first kappa shape index (κ1) is 17.8. The molecule has 6 nitrogen and oxygen atoms in total. The number of nitrogens with zero attached hydrogens (tertiary/aromatic N) is 2. The van der Waals surface area contributed by atoms with Crippen LogP contribution in [0.15, 0.2) is 45.2 Å². The van der Waals surface area contributed by atoms with Crippen molar-refractivity contribution in [3.05, 3.63) is 59.6 Å². The number of rotatable bonds is 1. The van der Waals surface area contributed by atoms with Gasteiger partial charge in [-0.05, 0) is 24.3 Å². The van der Waals surface area contributed by atoms with E-state index in [0.29, 0.717) is 22.3 Å². The topological polar surface area (TPSA) is 103 Å². The molecular weight excluding hydrogens is 358 g/mol. The minimum Gasteiger partial charge on any atom is -0.507 e. The molecule has 2 heterocycles. The van der Waals surface area contributed by atoms with E-state index in [-0.39, 0.29) is 22.3 Å². The molecule has 0 aliphatic rings. The van der Waals surface area contributed by atoms with Crippen molar-refractivity contribution in [3.8, 4) is 23.6 Å². The van der Waals surface area contributed by atoms with Crippen LogP contribution in [0.1, 0.15) is 11.1 Å². The summed E-state index contributed by atoms with van der Waals surface area (Å²) in [5.41, 5.74) is 1.11. The number of hydrogen-bond donors (Lipinski definition) is 1. The summed E-state index contributed by atoms with van der Waals surface area (Å²) in [6.45, 7) is 0. The highest BCUT2D eigenvalue weighted by Gasteiger charge is 2.10. The van der Waals surface area contributed by atoms with Gasteiger partial charge in [0.2, 0.25) is 0 Å². The third-order valence-corrected chi connectivity index (χ3v) is 3.63. The van der Waals surface area contributed by atoms with Gasteiger partial charge in [0.05, 0.1) is 41.1 Å². The third-order valence-electron chi connectivity index (χ3n) is 3.63. The van der Waals surface area contributed by atoms with Crippen LogP contribution >= 0.6 is 0 Å². The van der Waals surface area contributed by atoms with Crippen LogP contribution in [0.3, 0.4) is 0 Å². The lowest BCUT2D eigenvalue weighted by atomic mass is 10.1. The SMILES string of the molecule is COc1cc(C#N)cc2oc(F)cc12.N#Cc1cc(O)c2cc(F)oc2c1. The van der Waals surface area contributed by atoms with Crippen LogP contribution in [0.4, 0.5) is 8.78 Å². The summed E-state index contributed by atoms with van der Waals surface area (Å²) < 4.78 is 39.7. The number of methoxy groups -OCH3 is 1. The van der Waals surface area contributed by atoms with Crippen LogP contribution in [0.2, 0.25) is 0 Å². The van der Waals surface area contributed by atoms with Crippen molar-refractivity contribution in [3.63, 3.8) is 0 Å². The Morgan fingerprint density at radius 2 is 1.37 bits per heavy atom. The molecule has 0 aliphatic carbocycles. The molecule has 1 N–H and O–H groups in total. The zero-order valence-electron chi connectivity index (χ0n) is 13.8. The largest absolute Gasteiger partial charge is 0.507 e. The molecule has 0 aliphatic heterocycles. The van der Waals surface area contributed by atoms with Gasteiger partial charge in [-0.25, -0.2) is 0 Å². The molecule has 0 atom stereocenters. The van der Waals surface area contributed by atoms with Crippen LogP contribution < -0.4 is 4.74 Å². The third kappa shape index (κ3) is 3.51. The molecule has 2 aromatic heterocycles. The van der Waals surface area contributed by atoms with Crippen molar-refractivity contribution in [2.24, 2.45) is 0 Å². The molecular formula is C19H10F2N2O4. The number of aromatic hydroxyl groups is 1. The normalized spacial score (nSPS) is 10.1. The van der Waals surface area contributed by atoms with E-state index in [2.05, 4.69) is 4.42 Å². The summed E-state index contributed by atoms with van der Waals surface area (Å²) >= 11 is 0. The van der Waals surface area contributed by atoms with E-state index in [1.807, 2.05) is 12.1 Å². The van der Waals surface area contributed by atoms with Gasteiger partial charge in [-0.15, -0.1) is 0 Å². The lowest BCUT2D eigenvalue weighted by Crippen LogP contribution is -1.84. The van der Waals surface area contributed by atoms with Crippen LogP contribution in [0.5, 0.6) is 11.5 Å². The predicted octanol–water partition coefficient (Wildman–Crippen LogP) is 4.60. The van der Waals surface area contributed by atoms with Gasteiger partial charge in [-0.3, -0.25) is 0 Å². The first-order valence-electron chi connectivity index (χ1n) is 7.44. The summed E-state index contributed by atoms with van der Waals surface area (Å²) in [5, 5.41) is 27.3. The average Bonchev–Trinajstić information content (AvgIpc) is 3.22. The first-order chi connectivity index (χ1) is 12.9. The summed E-state index contributed by atoms with van der Waals surface area (Å²) in [6, 6.07) is 10.3. The molecule has 0 unspecified atom stereocenters. The van der Waals surface area contributed by atoms with Crippen molar-refractivity contribution in [1.29, 1.82) is 10.5 Å². The average molecular weight is 368 g/mol. The number of hydrogen-bond acceptors (Lipinski definition) is 6. The van der Waals surface area contributed by atoms with Crippen LogP contribution in [0.25, 0.3) is 21.9 Å². The lowest BCUT2D eigenvalue weighted by molar-refractivity contribution is 0.380. The molecule has 0 saturated heterocycles. The smallest absolute Gasteiger partial charge is 0.279 e. The van der Waals surface area contributed by atoms with Crippen molar-refractivity contribution in [2.45, 2.75) is 0 Å². The minimum atomic E-state index is -0.777. The van der Waals surface area contributed by atoms with Gasteiger partial charge in [0.15, 0.2) is 0 Å². The Kier molecular flexibility index (Phi) is 4.65. The fraction of sp³-hybridized carbons (Fsp3) is 0.0526. The number of halogens is 2. The Hall–Kier alpha value is -4.04. The van der Waals surface area contributed by atoms with Gasteiger partial charge < -0.3 is 18.7 Å². The summed E-state index contributed by atoms with van der Waals surface area (Å²) in [7, 11) is 1.46. The highest BCUT2D eigenvalue weighted by atomic mass is 19.1. The molecule has 0 spiro atoms. The monoisotopic (exact) mass is 368 g/mol. The molecule has 0 bridgehead atoms. The minimum absolute atomic E-state index is 0.151. The van der Waals surface area contributed by atoms with E-state index in [1.165, 1.54) is 37.4 Å². The van der Waals surface area contributed by atoms with Gasteiger partial charge in [-0.2, -0.15) is 19.3 Å². The standard InChI is InChI=1S/C10H6FNO2.C9H4FNO2/c1-13-8-2-6(5-12)3-9-7(8)4-10(11)14-9;10-9-3-6-7(12)1-5(4-11)2-8(6)13-9/h2-4H,1H3;1-3,12H. The first-order valence-corrected chi connectivity index (χ1v) is 7.44. The number of fused-ring (bicyclic) bond motifs is 2. The van der Waals surface area contributed by atoms with Crippen LogP contribution in [0, 0.1) is 34.7 Å². The Balaban J connectivity index is 0.000000156. The van der Waals surface area contributed by atoms with Crippen molar-refractivity contribution < 1.29 is 27.5 Å². The molecule has 8 heteroatoms. The second-order valence-electron chi connectivity index (χ2n) is 5.32. The zero-order chi connectivity index (χ0) is 19.6. The lowest BCUT2D eigenvalue weighted by Gasteiger charge is -2.00. The van der Waals surface area contributed by atoms with Crippen molar-refractivity contribution in [2.75, 3.05) is 7.11 Å². The van der Waals surface area contributed by atoms with Gasteiger partial charge in [0, 0.05) is 12.1 Å². The summed E-state index contributed by atoms with van der Waals surface area (Å²) in [6.07, 6.45) is 0. The van der Waals surface area contributed by atoms with Gasteiger partial charge in [0.25, 0.3) is 12.0 Å². The Morgan fingerprint density at radius 3 is 1.93 bits per heavy atom. The number of ether oxygens (including phenoxy) is 1. The number of furan rings is 2. The molecule has 27 heavy (non-hydrogen) atoms. The van der Waals surface area contributed by atoms with E-state index in [4.69, 9.17) is 19.7 Å². The summed E-state index contributed by atoms with van der Waals surface area (Å²) in [4.78, 5) is 0.